The molecular weight excluding hydrogens is 486 g/mol. The first-order valence-corrected chi connectivity index (χ1v) is 14.8. The number of ether oxygens (including phenoxy) is 1. The van der Waals surface area contributed by atoms with Crippen LogP contribution in [0.5, 0.6) is 5.75 Å². The fourth-order valence-electron chi connectivity index (χ4n) is 4.62. The third kappa shape index (κ3) is 8.59. The lowest BCUT2D eigenvalue weighted by Gasteiger charge is -2.33. The summed E-state index contributed by atoms with van der Waals surface area (Å²) in [6.45, 7) is 7.54. The van der Waals surface area contributed by atoms with Gasteiger partial charge in [-0.25, -0.2) is 4.21 Å². The number of unbranched alkanes of at least 4 members (excludes halogenated alkanes) is 1. The highest BCUT2D eigenvalue weighted by atomic mass is 32.2. The van der Waals surface area contributed by atoms with Gasteiger partial charge in [0.1, 0.15) is 16.7 Å². The third-order valence-electron chi connectivity index (χ3n) is 6.63. The van der Waals surface area contributed by atoms with E-state index < -0.39 is 22.5 Å². The van der Waals surface area contributed by atoms with Gasteiger partial charge in [-0.1, -0.05) is 50.1 Å². The summed E-state index contributed by atoms with van der Waals surface area (Å²) in [5.41, 5.74) is 2.12. The van der Waals surface area contributed by atoms with Gasteiger partial charge in [0.05, 0.1) is 12.5 Å². The lowest BCUT2D eigenvalue weighted by molar-refractivity contribution is -0.132. The summed E-state index contributed by atoms with van der Waals surface area (Å²) in [5, 5.41) is 3.30. The minimum Gasteiger partial charge on any atom is -0.478 e. The molecule has 7 nitrogen and oxygen atoms in total. The minimum absolute atomic E-state index is 0.0200. The topological polar surface area (TPSA) is 87.7 Å². The molecule has 37 heavy (non-hydrogen) atoms. The number of hydrogen-bond acceptors (Lipinski definition) is 5. The fraction of sp³-hybridized carbons (Fsp3) is 0.517. The van der Waals surface area contributed by atoms with Gasteiger partial charge in [0.25, 0.3) is 5.91 Å². The normalized spacial score (nSPS) is 15.5. The van der Waals surface area contributed by atoms with Crippen molar-refractivity contribution in [1.29, 1.82) is 0 Å². The van der Waals surface area contributed by atoms with Gasteiger partial charge in [0.15, 0.2) is 5.60 Å². The Morgan fingerprint density at radius 2 is 1.73 bits per heavy atom. The highest BCUT2D eigenvalue weighted by molar-refractivity contribution is 7.82. The van der Waals surface area contributed by atoms with Crippen LogP contribution in [-0.2, 0) is 27.0 Å². The van der Waals surface area contributed by atoms with Crippen molar-refractivity contribution in [2.45, 2.75) is 77.4 Å². The van der Waals surface area contributed by atoms with Gasteiger partial charge >= 0.3 is 0 Å². The van der Waals surface area contributed by atoms with E-state index in [1.165, 1.54) is 36.8 Å². The standard InChI is InChI=1S/C29H41N3O4S/c1-5-6-13-25(24-12-8-9-14-26(24)32-19-10-7-11-20-32)30-27(33)21-22-15-17-23(18-16-22)36-29(2,3)28(34)31-37(4)35/h8-9,12,14-18,25H,5-7,10-11,13,19-21H2,1-4H3,(H,30,33)(H,31,34). The molecule has 1 aliphatic heterocycles. The predicted molar refractivity (Wildman–Crippen MR) is 150 cm³/mol. The molecule has 0 bridgehead atoms. The summed E-state index contributed by atoms with van der Waals surface area (Å²) >= 11 is 0. The van der Waals surface area contributed by atoms with E-state index in [0.29, 0.717) is 5.75 Å². The zero-order valence-corrected chi connectivity index (χ0v) is 23.4. The molecule has 0 saturated carbocycles. The maximum Gasteiger partial charge on any atom is 0.275 e. The Kier molecular flexibility index (Phi) is 10.6. The predicted octanol–water partition coefficient (Wildman–Crippen LogP) is 4.83. The van der Waals surface area contributed by atoms with Crippen molar-refractivity contribution in [3.8, 4) is 5.75 Å². The van der Waals surface area contributed by atoms with Gasteiger partial charge in [-0.3, -0.25) is 14.3 Å². The monoisotopic (exact) mass is 527 g/mol. The van der Waals surface area contributed by atoms with E-state index in [9.17, 15) is 13.8 Å². The molecule has 2 aromatic carbocycles. The summed E-state index contributed by atoms with van der Waals surface area (Å²) in [7, 11) is -1.46. The number of carbonyl (C=O) groups is 2. The molecule has 2 N–H and O–H groups in total. The highest BCUT2D eigenvalue weighted by Gasteiger charge is 2.30. The number of rotatable bonds is 12. The molecule has 1 heterocycles. The van der Waals surface area contributed by atoms with Crippen LogP contribution in [0, 0.1) is 0 Å². The molecule has 0 spiro atoms. The Morgan fingerprint density at radius 3 is 2.38 bits per heavy atom. The molecule has 8 heteroatoms. The van der Waals surface area contributed by atoms with Crippen LogP contribution < -0.4 is 19.7 Å². The Balaban J connectivity index is 1.66. The van der Waals surface area contributed by atoms with Gasteiger partial charge in [-0.05, 0) is 68.9 Å². The largest absolute Gasteiger partial charge is 0.478 e. The summed E-state index contributed by atoms with van der Waals surface area (Å²) in [6.07, 6.45) is 8.37. The molecule has 1 fully saturated rings. The molecule has 2 atom stereocenters. The van der Waals surface area contributed by atoms with Crippen molar-refractivity contribution in [2.75, 3.05) is 24.2 Å². The van der Waals surface area contributed by atoms with Crippen LogP contribution in [0.15, 0.2) is 48.5 Å². The average molecular weight is 528 g/mol. The Morgan fingerprint density at radius 1 is 1.05 bits per heavy atom. The van der Waals surface area contributed by atoms with E-state index in [0.717, 1.165) is 37.9 Å². The van der Waals surface area contributed by atoms with Crippen LogP contribution in [-0.4, -0.2) is 41.0 Å². The molecule has 3 rings (SSSR count). The number of anilines is 1. The van der Waals surface area contributed by atoms with Gasteiger partial charge in [0.2, 0.25) is 5.91 Å². The van der Waals surface area contributed by atoms with E-state index in [-0.39, 0.29) is 18.4 Å². The third-order valence-corrected chi connectivity index (χ3v) is 7.11. The van der Waals surface area contributed by atoms with E-state index in [2.05, 4.69) is 46.1 Å². The summed E-state index contributed by atoms with van der Waals surface area (Å²) in [5.74, 6) is 0.0237. The van der Waals surface area contributed by atoms with Crippen molar-refractivity contribution in [2.24, 2.45) is 0 Å². The zero-order valence-electron chi connectivity index (χ0n) is 22.5. The maximum absolute atomic E-state index is 13.1. The second kappa shape index (κ2) is 13.6. The molecule has 0 aromatic heterocycles. The number of benzene rings is 2. The van der Waals surface area contributed by atoms with E-state index in [1.54, 1.807) is 26.0 Å². The number of nitrogens with zero attached hydrogens (tertiary/aromatic N) is 1. The smallest absolute Gasteiger partial charge is 0.275 e. The fourth-order valence-corrected chi connectivity index (χ4v) is 5.13. The van der Waals surface area contributed by atoms with Crippen molar-refractivity contribution in [3.63, 3.8) is 0 Å². The summed E-state index contributed by atoms with van der Waals surface area (Å²) in [4.78, 5) is 27.8. The van der Waals surface area contributed by atoms with E-state index in [4.69, 9.17) is 4.74 Å². The lowest BCUT2D eigenvalue weighted by atomic mass is 9.97. The second-order valence-corrected chi connectivity index (χ2v) is 11.3. The minimum atomic E-state index is -1.46. The van der Waals surface area contributed by atoms with Crippen LogP contribution in [0.4, 0.5) is 5.69 Å². The molecule has 2 aromatic rings. The first kappa shape index (κ1) is 28.7. The number of carbonyl (C=O) groups excluding carboxylic acids is 2. The van der Waals surface area contributed by atoms with Gasteiger partial charge in [-0.15, -0.1) is 0 Å². The van der Waals surface area contributed by atoms with Gasteiger partial charge < -0.3 is 15.0 Å². The van der Waals surface area contributed by atoms with Crippen molar-refractivity contribution >= 4 is 28.5 Å². The molecule has 2 amide bonds. The molecule has 2 unspecified atom stereocenters. The van der Waals surface area contributed by atoms with Crippen LogP contribution >= 0.6 is 0 Å². The first-order valence-electron chi connectivity index (χ1n) is 13.3. The number of hydrogen-bond donors (Lipinski definition) is 2. The Bertz CT molecular complexity index is 1070. The Hall–Kier alpha value is -2.87. The van der Waals surface area contributed by atoms with E-state index >= 15 is 0 Å². The van der Waals surface area contributed by atoms with E-state index in [1.807, 2.05) is 12.1 Å². The average Bonchev–Trinajstić information content (AvgIpc) is 2.87. The quantitative estimate of drug-likeness (QED) is 0.413. The summed E-state index contributed by atoms with van der Waals surface area (Å²) in [6, 6.07) is 15.6. The summed E-state index contributed by atoms with van der Waals surface area (Å²) < 4.78 is 19.5. The lowest BCUT2D eigenvalue weighted by Crippen LogP contribution is -2.46. The number of piperidine rings is 1. The molecule has 0 aliphatic carbocycles. The molecule has 1 aliphatic rings. The molecule has 202 valence electrons. The molecule has 1 saturated heterocycles. The van der Waals surface area contributed by atoms with Crippen LogP contribution in [0.25, 0.3) is 0 Å². The van der Waals surface area contributed by atoms with Crippen LogP contribution in [0.3, 0.4) is 0 Å². The highest BCUT2D eigenvalue weighted by Crippen LogP contribution is 2.31. The second-order valence-electron chi connectivity index (χ2n) is 10.2. The SMILES string of the molecule is CCCCC(NC(=O)Cc1ccc(OC(C)(C)C(=O)NS(C)=O)cc1)c1ccccc1N1CCCCC1. The number of para-hydroxylation sites is 1. The van der Waals surface area contributed by atoms with Crippen molar-refractivity contribution in [1.82, 2.24) is 10.0 Å². The van der Waals surface area contributed by atoms with Gasteiger partial charge in [-0.2, -0.15) is 0 Å². The van der Waals surface area contributed by atoms with Crippen LogP contribution in [0.1, 0.15) is 76.5 Å². The molecular formula is C29H41N3O4S. The van der Waals surface area contributed by atoms with Gasteiger partial charge in [0, 0.05) is 25.0 Å². The van der Waals surface area contributed by atoms with Crippen molar-refractivity contribution < 1.29 is 18.5 Å². The molecule has 0 radical (unpaired) electrons. The number of amides is 2. The Labute approximate surface area is 223 Å². The number of nitrogens with one attached hydrogen (secondary N) is 2. The first-order chi connectivity index (χ1) is 17.7. The maximum atomic E-state index is 13.1. The van der Waals surface area contributed by atoms with Crippen LogP contribution in [0.2, 0.25) is 0 Å². The zero-order chi connectivity index (χ0) is 26.8. The van der Waals surface area contributed by atoms with Crippen molar-refractivity contribution in [3.05, 3.63) is 59.7 Å².